The van der Waals surface area contributed by atoms with E-state index in [0.29, 0.717) is 23.4 Å². The molecule has 4 nitrogen and oxygen atoms in total. The van der Waals surface area contributed by atoms with Gasteiger partial charge in [-0.15, -0.1) is 0 Å². The highest BCUT2D eigenvalue weighted by Gasteiger charge is 2.19. The molecule has 0 amide bonds. The summed E-state index contributed by atoms with van der Waals surface area (Å²) >= 11 is 0. The second kappa shape index (κ2) is 7.90. The van der Waals surface area contributed by atoms with Crippen LogP contribution in [0.4, 0.5) is 4.39 Å². The molecular formula is C17H19BFNO3. The minimum atomic E-state index is -1.87. The lowest BCUT2D eigenvalue weighted by Crippen LogP contribution is -2.32. The summed E-state index contributed by atoms with van der Waals surface area (Å²) in [5.41, 5.74) is 1.67. The quantitative estimate of drug-likeness (QED) is 0.726. The van der Waals surface area contributed by atoms with Crippen LogP contribution in [-0.4, -0.2) is 22.2 Å². The molecule has 0 fully saturated rings. The third-order valence-electron chi connectivity index (χ3n) is 3.30. The number of oxazole rings is 1. The number of aryl methyl sites for hydroxylation is 2. The average molecular weight is 315 g/mol. The molecule has 23 heavy (non-hydrogen) atoms. The van der Waals surface area contributed by atoms with Crippen molar-refractivity contribution in [2.75, 3.05) is 0 Å². The summed E-state index contributed by atoms with van der Waals surface area (Å²) in [6.07, 6.45) is 1.36. The van der Waals surface area contributed by atoms with E-state index in [1.807, 2.05) is 44.2 Å². The van der Waals surface area contributed by atoms with Gasteiger partial charge in [0.25, 0.3) is 0 Å². The molecule has 0 spiro atoms. The van der Waals surface area contributed by atoms with Gasteiger partial charge in [-0.1, -0.05) is 44.2 Å². The Hall–Kier alpha value is -2.18. The Morgan fingerprint density at radius 3 is 2.43 bits per heavy atom. The molecular weight excluding hydrogens is 296 g/mol. The summed E-state index contributed by atoms with van der Waals surface area (Å²) in [7, 11) is -1.87. The van der Waals surface area contributed by atoms with Gasteiger partial charge in [0.2, 0.25) is 0 Å². The summed E-state index contributed by atoms with van der Waals surface area (Å²) < 4.78 is 19.2. The van der Waals surface area contributed by atoms with Crippen molar-refractivity contribution < 1.29 is 18.9 Å². The number of halogens is 1. The van der Waals surface area contributed by atoms with Crippen LogP contribution in [0.2, 0.25) is 0 Å². The molecule has 3 aromatic rings. The van der Waals surface area contributed by atoms with Gasteiger partial charge in [0, 0.05) is 17.9 Å². The van der Waals surface area contributed by atoms with Gasteiger partial charge in [-0.05, 0) is 18.1 Å². The fourth-order valence-electron chi connectivity index (χ4n) is 2.21. The Balaban J connectivity index is 0.000000924. The van der Waals surface area contributed by atoms with Crippen molar-refractivity contribution in [3.05, 3.63) is 59.7 Å². The van der Waals surface area contributed by atoms with Gasteiger partial charge >= 0.3 is 7.12 Å². The zero-order valence-electron chi connectivity index (χ0n) is 13.2. The third-order valence-corrected chi connectivity index (χ3v) is 3.30. The van der Waals surface area contributed by atoms with Gasteiger partial charge < -0.3 is 14.5 Å². The molecule has 0 radical (unpaired) electrons. The van der Waals surface area contributed by atoms with Crippen LogP contribution in [0.1, 0.15) is 25.3 Å². The van der Waals surface area contributed by atoms with Gasteiger partial charge in [0.1, 0.15) is 11.3 Å². The van der Waals surface area contributed by atoms with Crippen LogP contribution in [0.15, 0.2) is 46.9 Å². The lowest BCUT2D eigenvalue weighted by Gasteiger charge is -1.99. The predicted octanol–water partition coefficient (Wildman–Crippen LogP) is 2.46. The van der Waals surface area contributed by atoms with Crippen LogP contribution in [0.25, 0.3) is 11.1 Å². The number of rotatable bonds is 4. The maximum Gasteiger partial charge on any atom is 0.491 e. The monoisotopic (exact) mass is 315 g/mol. The van der Waals surface area contributed by atoms with E-state index >= 15 is 0 Å². The van der Waals surface area contributed by atoms with Gasteiger partial charge in [0.15, 0.2) is 11.5 Å². The van der Waals surface area contributed by atoms with Gasteiger partial charge in [0.05, 0.1) is 0 Å². The van der Waals surface area contributed by atoms with Crippen LogP contribution >= 0.6 is 0 Å². The Morgan fingerprint density at radius 2 is 1.78 bits per heavy atom. The fourth-order valence-corrected chi connectivity index (χ4v) is 2.21. The molecule has 1 heterocycles. The van der Waals surface area contributed by atoms with Crippen molar-refractivity contribution in [1.29, 1.82) is 0 Å². The van der Waals surface area contributed by atoms with Gasteiger partial charge in [-0.2, -0.15) is 0 Å². The van der Waals surface area contributed by atoms with E-state index in [1.165, 1.54) is 6.07 Å². The lowest BCUT2D eigenvalue weighted by atomic mass is 9.80. The van der Waals surface area contributed by atoms with E-state index in [1.54, 1.807) is 0 Å². The fraction of sp³-hybridized carbons (Fsp3) is 0.235. The number of fused-ring (bicyclic) bond motifs is 1. The number of hydrogen-bond acceptors (Lipinski definition) is 4. The first-order valence-electron chi connectivity index (χ1n) is 7.62. The van der Waals surface area contributed by atoms with E-state index < -0.39 is 12.9 Å². The highest BCUT2D eigenvalue weighted by molar-refractivity contribution is 6.59. The normalized spacial score (nSPS) is 10.3. The third kappa shape index (κ3) is 4.18. The first-order chi connectivity index (χ1) is 11.1. The molecule has 2 aromatic carbocycles. The van der Waals surface area contributed by atoms with E-state index in [9.17, 15) is 4.39 Å². The minimum absolute atomic E-state index is 0.215. The molecule has 0 aliphatic heterocycles. The SMILES string of the molecule is CC.OB(O)c1cc2oc(CCc3ccccc3)nc2cc1F. The van der Waals surface area contributed by atoms with Crippen molar-refractivity contribution in [1.82, 2.24) is 4.98 Å². The number of benzene rings is 2. The molecule has 6 heteroatoms. The maximum atomic E-state index is 13.6. The highest BCUT2D eigenvalue weighted by atomic mass is 19.1. The largest absolute Gasteiger partial charge is 0.491 e. The summed E-state index contributed by atoms with van der Waals surface area (Å²) in [6.45, 7) is 4.00. The van der Waals surface area contributed by atoms with E-state index in [0.717, 1.165) is 18.1 Å². The first-order valence-corrected chi connectivity index (χ1v) is 7.62. The van der Waals surface area contributed by atoms with Crippen molar-refractivity contribution in [3.8, 4) is 0 Å². The van der Waals surface area contributed by atoms with E-state index in [2.05, 4.69) is 4.98 Å². The van der Waals surface area contributed by atoms with E-state index in [4.69, 9.17) is 14.5 Å². The van der Waals surface area contributed by atoms with Crippen molar-refractivity contribution in [3.63, 3.8) is 0 Å². The molecule has 3 rings (SSSR count). The Morgan fingerprint density at radius 1 is 1.09 bits per heavy atom. The molecule has 1 aromatic heterocycles. The standard InChI is InChI=1S/C15H13BFNO3.C2H6/c17-12-9-13-14(8-11(12)16(19)20)21-15(18-13)7-6-10-4-2-1-3-5-10;1-2/h1-5,8-9,19-20H,6-7H2;1-2H3. The Bertz CT molecular complexity index is 759. The summed E-state index contributed by atoms with van der Waals surface area (Å²) in [4.78, 5) is 4.22. The molecule has 0 atom stereocenters. The van der Waals surface area contributed by atoms with Crippen LogP contribution in [0.3, 0.4) is 0 Å². The molecule has 0 saturated carbocycles. The predicted molar refractivity (Wildman–Crippen MR) is 89.0 cm³/mol. The highest BCUT2D eigenvalue weighted by Crippen LogP contribution is 2.17. The van der Waals surface area contributed by atoms with Crippen molar-refractivity contribution in [2.45, 2.75) is 26.7 Å². The molecule has 0 aliphatic rings. The second-order valence-electron chi connectivity index (χ2n) is 4.81. The van der Waals surface area contributed by atoms with Crippen molar-refractivity contribution in [2.24, 2.45) is 0 Å². The maximum absolute atomic E-state index is 13.6. The Labute approximate surface area is 134 Å². The van der Waals surface area contributed by atoms with E-state index in [-0.39, 0.29) is 5.46 Å². The average Bonchev–Trinajstić information content (AvgIpc) is 2.96. The van der Waals surface area contributed by atoms with Crippen LogP contribution < -0.4 is 5.46 Å². The van der Waals surface area contributed by atoms with Crippen LogP contribution in [-0.2, 0) is 12.8 Å². The molecule has 2 N–H and O–H groups in total. The Kier molecular flexibility index (Phi) is 5.90. The molecule has 0 aliphatic carbocycles. The summed E-state index contributed by atoms with van der Waals surface area (Å²) in [6, 6.07) is 12.3. The van der Waals surface area contributed by atoms with Crippen molar-refractivity contribution >= 4 is 23.7 Å². The molecule has 120 valence electrons. The lowest BCUT2D eigenvalue weighted by molar-refractivity contribution is 0.423. The first kappa shape index (κ1) is 17.2. The summed E-state index contributed by atoms with van der Waals surface area (Å²) in [5, 5.41) is 18.2. The minimum Gasteiger partial charge on any atom is -0.441 e. The van der Waals surface area contributed by atoms with Crippen LogP contribution in [0.5, 0.6) is 0 Å². The zero-order valence-corrected chi connectivity index (χ0v) is 13.2. The molecule has 0 saturated heterocycles. The number of aromatic nitrogens is 1. The van der Waals surface area contributed by atoms with Gasteiger partial charge in [-0.25, -0.2) is 9.37 Å². The molecule has 0 unspecified atom stereocenters. The zero-order chi connectivity index (χ0) is 16.8. The number of nitrogens with zero attached hydrogens (tertiary/aromatic N) is 1. The number of hydrogen-bond donors (Lipinski definition) is 2. The topological polar surface area (TPSA) is 66.5 Å². The molecule has 0 bridgehead atoms. The van der Waals surface area contributed by atoms with Crippen LogP contribution in [0, 0.1) is 5.82 Å². The summed E-state index contributed by atoms with van der Waals surface area (Å²) in [5.74, 6) is -0.210. The van der Waals surface area contributed by atoms with Gasteiger partial charge in [-0.3, -0.25) is 0 Å². The smallest absolute Gasteiger partial charge is 0.441 e. The second-order valence-corrected chi connectivity index (χ2v) is 4.81.